The smallest absolute Gasteiger partial charge is 0.339 e. The van der Waals surface area contributed by atoms with E-state index in [-0.39, 0.29) is 0 Å². The number of esters is 2. The summed E-state index contributed by atoms with van der Waals surface area (Å²) in [5.41, 5.74) is 0.705. The number of benzene rings is 2. The van der Waals surface area contributed by atoms with Crippen molar-refractivity contribution in [2.24, 2.45) is 4.99 Å². The molecule has 0 fully saturated rings. The minimum absolute atomic E-state index is 0.413. The van der Waals surface area contributed by atoms with E-state index in [1.165, 1.54) is 6.34 Å². The van der Waals surface area contributed by atoms with Gasteiger partial charge in [-0.2, -0.15) is 0 Å². The number of hydrogen-bond acceptors (Lipinski definition) is 6. The van der Waals surface area contributed by atoms with E-state index in [1.54, 1.807) is 41.3 Å². The maximum absolute atomic E-state index is 12.4. The Morgan fingerprint density at radius 1 is 1.09 bits per heavy atom. The molecular weight excluding hydrogens is 296 g/mol. The Kier molecular flexibility index (Phi) is 3.08. The van der Waals surface area contributed by atoms with Crippen molar-refractivity contribution in [1.82, 2.24) is 0 Å². The third-order valence-corrected chi connectivity index (χ3v) is 3.75. The van der Waals surface area contributed by atoms with Crippen LogP contribution in [-0.2, 0) is 9.59 Å². The maximum Gasteiger partial charge on any atom is 0.339 e. The molecule has 0 N–H and O–H groups in total. The second kappa shape index (κ2) is 5.24. The first-order chi connectivity index (χ1) is 11.2. The number of aliphatic imine (C=N–C) groups is 1. The van der Waals surface area contributed by atoms with Crippen molar-refractivity contribution in [2.75, 3.05) is 4.90 Å². The average molecular weight is 308 g/mol. The molecule has 2 aliphatic heterocycles. The molecule has 0 radical (unpaired) electrons. The summed E-state index contributed by atoms with van der Waals surface area (Å²) in [6.45, 7) is 0. The SMILES string of the molecule is O=C(Oc1ccccc1)[C@@H]1N=CN2c3ccccc3OC(=O)[C@@H]12. The van der Waals surface area contributed by atoms with Gasteiger partial charge in [0, 0.05) is 0 Å². The Morgan fingerprint density at radius 2 is 1.83 bits per heavy atom. The van der Waals surface area contributed by atoms with E-state index < -0.39 is 24.0 Å². The molecule has 6 heteroatoms. The Morgan fingerprint density at radius 3 is 2.65 bits per heavy atom. The molecule has 0 aliphatic carbocycles. The van der Waals surface area contributed by atoms with Crippen molar-refractivity contribution in [1.29, 1.82) is 0 Å². The Labute approximate surface area is 132 Å². The van der Waals surface area contributed by atoms with Crippen molar-refractivity contribution in [2.45, 2.75) is 12.1 Å². The van der Waals surface area contributed by atoms with Gasteiger partial charge in [-0.25, -0.2) is 9.59 Å². The molecule has 23 heavy (non-hydrogen) atoms. The number of anilines is 1. The van der Waals surface area contributed by atoms with Crippen LogP contribution in [0.3, 0.4) is 0 Å². The number of ether oxygens (including phenoxy) is 2. The molecule has 114 valence electrons. The van der Waals surface area contributed by atoms with Gasteiger partial charge in [-0.3, -0.25) is 4.99 Å². The lowest BCUT2D eigenvalue weighted by atomic mass is 10.1. The zero-order valence-corrected chi connectivity index (χ0v) is 12.0. The predicted octanol–water partition coefficient (Wildman–Crippen LogP) is 1.80. The van der Waals surface area contributed by atoms with Crippen molar-refractivity contribution in [3.63, 3.8) is 0 Å². The summed E-state index contributed by atoms with van der Waals surface area (Å²) in [6, 6.07) is 14.0. The lowest BCUT2D eigenvalue weighted by molar-refractivity contribution is -0.143. The lowest BCUT2D eigenvalue weighted by Crippen LogP contribution is -2.51. The van der Waals surface area contributed by atoms with Crippen LogP contribution >= 0.6 is 0 Å². The highest BCUT2D eigenvalue weighted by Gasteiger charge is 2.47. The third kappa shape index (κ3) is 2.24. The fourth-order valence-electron chi connectivity index (χ4n) is 2.68. The van der Waals surface area contributed by atoms with E-state index in [2.05, 4.69) is 4.99 Å². The molecule has 2 aliphatic rings. The summed E-state index contributed by atoms with van der Waals surface area (Å²) in [5.74, 6) is -0.236. The standard InChI is InChI=1S/C17H12N2O4/c20-16(22-11-6-2-1-3-7-11)14-15-17(21)23-13-9-5-4-8-12(13)19(15)10-18-14/h1-10,14-15H/t14-,15-/m1/s1. The molecule has 0 aromatic heterocycles. The summed E-state index contributed by atoms with van der Waals surface area (Å²) in [6.07, 6.45) is 1.49. The van der Waals surface area contributed by atoms with E-state index in [0.29, 0.717) is 17.2 Å². The van der Waals surface area contributed by atoms with Crippen LogP contribution in [0.1, 0.15) is 0 Å². The number of fused-ring (bicyclic) bond motifs is 3. The first-order valence-electron chi connectivity index (χ1n) is 7.13. The van der Waals surface area contributed by atoms with Gasteiger partial charge in [0.25, 0.3) is 0 Å². The molecule has 4 rings (SSSR count). The number of para-hydroxylation sites is 3. The molecule has 6 nitrogen and oxygen atoms in total. The van der Waals surface area contributed by atoms with Crippen molar-refractivity contribution in [3.05, 3.63) is 54.6 Å². The molecule has 0 saturated carbocycles. The van der Waals surface area contributed by atoms with Crippen LogP contribution in [0.25, 0.3) is 0 Å². The number of carbonyl (C=O) groups is 2. The normalized spacial score (nSPS) is 21.4. The zero-order valence-electron chi connectivity index (χ0n) is 12.0. The lowest BCUT2D eigenvalue weighted by Gasteiger charge is -2.31. The maximum atomic E-state index is 12.4. The Balaban J connectivity index is 1.60. The van der Waals surface area contributed by atoms with Gasteiger partial charge in [-0.05, 0) is 24.3 Å². The topological polar surface area (TPSA) is 68.2 Å². The Bertz CT molecular complexity index is 803. The van der Waals surface area contributed by atoms with Crippen LogP contribution in [0.15, 0.2) is 59.6 Å². The van der Waals surface area contributed by atoms with E-state index in [0.717, 1.165) is 0 Å². The van der Waals surface area contributed by atoms with Gasteiger partial charge < -0.3 is 14.4 Å². The highest BCUT2D eigenvalue weighted by molar-refractivity contribution is 6.04. The summed E-state index contributed by atoms with van der Waals surface area (Å²) in [5, 5.41) is 0. The molecule has 2 heterocycles. The Hall–Kier alpha value is -3.15. The van der Waals surface area contributed by atoms with Gasteiger partial charge in [-0.15, -0.1) is 0 Å². The molecule has 2 aromatic carbocycles. The van der Waals surface area contributed by atoms with Gasteiger partial charge in [-0.1, -0.05) is 30.3 Å². The van der Waals surface area contributed by atoms with E-state index in [4.69, 9.17) is 9.47 Å². The first kappa shape index (κ1) is 13.5. The van der Waals surface area contributed by atoms with Gasteiger partial charge in [0.2, 0.25) is 0 Å². The van der Waals surface area contributed by atoms with Crippen LogP contribution in [-0.4, -0.2) is 30.4 Å². The second-order valence-corrected chi connectivity index (χ2v) is 5.18. The minimum atomic E-state index is -0.948. The summed E-state index contributed by atoms with van der Waals surface area (Å²) < 4.78 is 10.6. The van der Waals surface area contributed by atoms with Gasteiger partial charge in [0.05, 0.1) is 12.0 Å². The van der Waals surface area contributed by atoms with Crippen LogP contribution < -0.4 is 14.4 Å². The highest BCUT2D eigenvalue weighted by Crippen LogP contribution is 2.36. The van der Waals surface area contributed by atoms with E-state index in [1.807, 2.05) is 18.2 Å². The van der Waals surface area contributed by atoms with E-state index in [9.17, 15) is 9.59 Å². The molecule has 0 spiro atoms. The molecule has 2 atom stereocenters. The van der Waals surface area contributed by atoms with Crippen molar-refractivity contribution >= 4 is 24.0 Å². The number of nitrogens with zero attached hydrogens (tertiary/aromatic N) is 2. The predicted molar refractivity (Wildman–Crippen MR) is 82.7 cm³/mol. The van der Waals surface area contributed by atoms with Gasteiger partial charge >= 0.3 is 11.9 Å². The first-order valence-corrected chi connectivity index (χ1v) is 7.13. The van der Waals surface area contributed by atoms with Crippen LogP contribution in [0.5, 0.6) is 11.5 Å². The zero-order chi connectivity index (χ0) is 15.8. The molecule has 0 bridgehead atoms. The average Bonchev–Trinajstić information content (AvgIpc) is 3.02. The molecular formula is C17H12N2O4. The molecule has 0 amide bonds. The number of rotatable bonds is 2. The molecule has 2 aromatic rings. The van der Waals surface area contributed by atoms with Gasteiger partial charge in [0.15, 0.2) is 17.8 Å². The third-order valence-electron chi connectivity index (χ3n) is 3.75. The fourth-order valence-corrected chi connectivity index (χ4v) is 2.68. The number of hydrogen-bond donors (Lipinski definition) is 0. The van der Waals surface area contributed by atoms with Crippen LogP contribution in [0.2, 0.25) is 0 Å². The quantitative estimate of drug-likeness (QED) is 0.625. The van der Waals surface area contributed by atoms with Crippen LogP contribution in [0, 0.1) is 0 Å². The van der Waals surface area contributed by atoms with Gasteiger partial charge in [0.1, 0.15) is 5.75 Å². The largest absolute Gasteiger partial charge is 0.425 e. The van der Waals surface area contributed by atoms with Crippen LogP contribution in [0.4, 0.5) is 5.69 Å². The number of carbonyl (C=O) groups excluding carboxylic acids is 2. The second-order valence-electron chi connectivity index (χ2n) is 5.18. The summed E-state index contributed by atoms with van der Waals surface area (Å²) >= 11 is 0. The fraction of sp³-hybridized carbons (Fsp3) is 0.118. The molecule has 0 unspecified atom stereocenters. The van der Waals surface area contributed by atoms with Crippen molar-refractivity contribution < 1.29 is 19.1 Å². The van der Waals surface area contributed by atoms with E-state index >= 15 is 0 Å². The van der Waals surface area contributed by atoms with Crippen molar-refractivity contribution in [3.8, 4) is 11.5 Å². The summed E-state index contributed by atoms with van der Waals surface area (Å²) in [4.78, 5) is 30.4. The molecule has 0 saturated heterocycles. The summed E-state index contributed by atoms with van der Waals surface area (Å²) in [7, 11) is 0. The minimum Gasteiger partial charge on any atom is -0.425 e. The monoisotopic (exact) mass is 308 g/mol. The highest BCUT2D eigenvalue weighted by atomic mass is 16.5.